The third-order valence-electron chi connectivity index (χ3n) is 11.5. The number of aromatic nitrogens is 1. The van der Waals surface area contributed by atoms with Gasteiger partial charge in [-0.3, -0.25) is 0 Å². The number of alkyl halides is 24. The molecule has 0 amide bonds. The Labute approximate surface area is 405 Å². The summed E-state index contributed by atoms with van der Waals surface area (Å²) in [6.45, 7) is 0.807. The van der Waals surface area contributed by atoms with Crippen molar-refractivity contribution in [1.82, 2.24) is 0 Å². The third kappa shape index (κ3) is 12.9. The molecular weight excluding hydrogens is 1070 g/mol. The molecule has 0 aliphatic heterocycles. The standard InChI is InChI=1S/C32H12BF24.C16H13NO/c34-25(35,36)13-1-14(26(37,38)39)6-21(5-13)33(22-7-15(27(40,41)42)2-16(8-22)28(43,44)45,23-9-17(29(46,47)48)3-18(10-23)30(49,50)51)24-11-19(31(52,53)54)4-20(12-24)32(55,56)57;18-15-9-7-13(8-10-15)12-17-11-3-5-14-4-1-2-6-16(14)17/h1-12H;1-11H,12H2/q-1;/p+1. The lowest BCUT2D eigenvalue weighted by Crippen LogP contribution is -2.75. The van der Waals surface area contributed by atoms with Crippen LogP contribution in [0.5, 0.6) is 5.75 Å². The van der Waals surface area contributed by atoms with Crippen LogP contribution in [0.3, 0.4) is 0 Å². The van der Waals surface area contributed by atoms with Crippen LogP contribution < -0.4 is 26.4 Å². The molecular formula is C48H26BF24NO. The van der Waals surface area contributed by atoms with E-state index in [-0.39, 0.29) is 0 Å². The lowest BCUT2D eigenvalue weighted by molar-refractivity contribution is -0.662. The maximum Gasteiger partial charge on any atom is 0.416 e. The molecule has 0 aliphatic rings. The number of rotatable bonds is 6. The summed E-state index contributed by atoms with van der Waals surface area (Å²) in [5, 5.41) is 10.5. The molecule has 1 aromatic heterocycles. The summed E-state index contributed by atoms with van der Waals surface area (Å²) in [5.41, 5.74) is -27.8. The second-order valence-electron chi connectivity index (χ2n) is 16.6. The van der Waals surface area contributed by atoms with Gasteiger partial charge >= 0.3 is 49.4 Å². The van der Waals surface area contributed by atoms with Gasteiger partial charge in [-0.2, -0.15) is 132 Å². The number of para-hydroxylation sites is 1. The minimum atomic E-state index is -6.13. The minimum Gasteiger partial charge on any atom is -0.508 e. The van der Waals surface area contributed by atoms with Crippen LogP contribution in [0.2, 0.25) is 0 Å². The maximum absolute atomic E-state index is 14.2. The van der Waals surface area contributed by atoms with E-state index in [1.54, 1.807) is 12.1 Å². The van der Waals surface area contributed by atoms with Gasteiger partial charge in [0.25, 0.3) is 0 Å². The Morgan fingerprint density at radius 2 is 0.573 bits per heavy atom. The van der Waals surface area contributed by atoms with Gasteiger partial charge < -0.3 is 5.11 Å². The van der Waals surface area contributed by atoms with Gasteiger partial charge in [-0.15, -0.1) is 0 Å². The van der Waals surface area contributed by atoms with Gasteiger partial charge in [-0.05, 0) is 60.7 Å². The molecule has 400 valence electrons. The molecule has 0 radical (unpaired) electrons. The highest BCUT2D eigenvalue weighted by atomic mass is 19.4. The lowest BCUT2D eigenvalue weighted by atomic mass is 9.12. The second kappa shape index (κ2) is 19.6. The van der Waals surface area contributed by atoms with Gasteiger partial charge in [0.05, 0.1) is 44.5 Å². The zero-order chi connectivity index (χ0) is 56.3. The summed E-state index contributed by atoms with van der Waals surface area (Å²) >= 11 is 0. The minimum absolute atomic E-state index is 0.307. The van der Waals surface area contributed by atoms with Crippen LogP contribution in [-0.4, -0.2) is 11.3 Å². The first-order valence-corrected chi connectivity index (χ1v) is 20.6. The Bertz CT molecular complexity index is 2750. The monoisotopic (exact) mass is 1100 g/mol. The number of benzene rings is 6. The quantitative estimate of drug-likeness (QED) is 0.100. The predicted octanol–water partition coefficient (Wildman–Crippen LogP) is 14.1. The van der Waals surface area contributed by atoms with Crippen molar-refractivity contribution in [2.45, 2.75) is 56.0 Å². The summed E-state index contributed by atoms with van der Waals surface area (Å²) in [5.74, 6) is 0.307. The van der Waals surface area contributed by atoms with E-state index in [9.17, 15) is 110 Å². The van der Waals surface area contributed by atoms with Crippen molar-refractivity contribution in [3.63, 3.8) is 0 Å². The molecule has 1 heterocycles. The highest BCUT2D eigenvalue weighted by molar-refractivity contribution is 7.20. The SMILES string of the molecule is FC(F)(F)c1cc([B-](c2cc(C(F)(F)F)cc(C(F)(F)F)c2)(c2cc(C(F)(F)F)cc(C(F)(F)F)c2)c2cc(C(F)(F)F)cc(C(F)(F)F)c2)cc(C(F)(F)F)c1.Oc1ccc(C[n+]2cccc3ccccc32)cc1. The molecule has 27 heteroatoms. The van der Waals surface area contributed by atoms with Crippen LogP contribution in [0.15, 0.2) is 140 Å². The normalized spacial score (nSPS) is 13.4. The van der Waals surface area contributed by atoms with Crippen molar-refractivity contribution in [1.29, 1.82) is 0 Å². The number of hydrogen-bond acceptors (Lipinski definition) is 1. The van der Waals surface area contributed by atoms with Gasteiger partial charge in [0.2, 0.25) is 5.52 Å². The van der Waals surface area contributed by atoms with E-state index in [0.717, 1.165) is 6.54 Å². The van der Waals surface area contributed by atoms with Crippen molar-refractivity contribution in [2.24, 2.45) is 0 Å². The first-order valence-electron chi connectivity index (χ1n) is 20.6. The molecule has 6 aromatic carbocycles. The van der Waals surface area contributed by atoms with Crippen molar-refractivity contribution in [3.8, 4) is 5.75 Å². The highest BCUT2D eigenvalue weighted by Gasteiger charge is 2.47. The van der Waals surface area contributed by atoms with E-state index in [4.69, 9.17) is 0 Å². The van der Waals surface area contributed by atoms with Gasteiger partial charge in [0, 0.05) is 23.1 Å². The smallest absolute Gasteiger partial charge is 0.416 e. The lowest BCUT2D eigenvalue weighted by Gasteiger charge is -2.46. The van der Waals surface area contributed by atoms with Gasteiger partial charge in [0.15, 0.2) is 12.7 Å². The summed E-state index contributed by atoms with van der Waals surface area (Å²) in [4.78, 5) is 0. The number of phenols is 1. The van der Waals surface area contributed by atoms with Crippen molar-refractivity contribution in [2.75, 3.05) is 0 Å². The zero-order valence-electron chi connectivity index (χ0n) is 36.5. The van der Waals surface area contributed by atoms with E-state index < -0.39 is 195 Å². The molecule has 0 unspecified atom stereocenters. The fraction of sp³-hybridized carbons (Fsp3) is 0.188. The average molecular weight is 1100 g/mol. The van der Waals surface area contributed by atoms with Crippen molar-refractivity contribution >= 4 is 38.9 Å². The Hall–Kier alpha value is -7.09. The fourth-order valence-electron chi connectivity index (χ4n) is 8.23. The molecule has 0 aliphatic carbocycles. The van der Waals surface area contributed by atoms with Gasteiger partial charge in [-0.25, -0.2) is 0 Å². The number of halogens is 24. The number of aromatic hydroxyl groups is 1. The van der Waals surface area contributed by atoms with Crippen LogP contribution in [0.1, 0.15) is 50.1 Å². The molecule has 75 heavy (non-hydrogen) atoms. The molecule has 7 aromatic rings. The molecule has 7 rings (SSSR count). The Morgan fingerprint density at radius 1 is 0.320 bits per heavy atom. The van der Waals surface area contributed by atoms with E-state index in [1.165, 1.54) is 16.5 Å². The van der Waals surface area contributed by atoms with E-state index >= 15 is 0 Å². The van der Waals surface area contributed by atoms with Gasteiger partial charge in [-0.1, -0.05) is 60.7 Å². The molecule has 0 atom stereocenters. The summed E-state index contributed by atoms with van der Waals surface area (Å²) < 4.78 is 343. The summed E-state index contributed by atoms with van der Waals surface area (Å²) in [6.07, 6.45) is -52.7. The topological polar surface area (TPSA) is 24.1 Å². The third-order valence-corrected chi connectivity index (χ3v) is 11.5. The highest BCUT2D eigenvalue weighted by Crippen LogP contribution is 2.41. The van der Waals surface area contributed by atoms with Crippen LogP contribution in [0.25, 0.3) is 10.9 Å². The molecule has 2 nitrogen and oxygen atoms in total. The van der Waals surface area contributed by atoms with Crippen LogP contribution in [0, 0.1) is 0 Å². The summed E-state index contributed by atoms with van der Waals surface area (Å²) in [7, 11) is 0. The maximum atomic E-state index is 14.2. The molecule has 0 saturated heterocycles. The molecule has 1 N–H and O–H groups in total. The Morgan fingerprint density at radius 3 is 0.840 bits per heavy atom. The van der Waals surface area contributed by atoms with Crippen LogP contribution in [0.4, 0.5) is 105 Å². The predicted molar refractivity (Wildman–Crippen MR) is 221 cm³/mol. The van der Waals surface area contributed by atoms with Crippen LogP contribution >= 0.6 is 0 Å². The Balaban J connectivity index is 0.000000421. The number of pyridine rings is 1. The molecule has 0 fully saturated rings. The molecule has 0 saturated carbocycles. The second-order valence-corrected chi connectivity index (χ2v) is 16.6. The van der Waals surface area contributed by atoms with E-state index in [0.29, 0.717) is 5.75 Å². The first-order chi connectivity index (χ1) is 34.1. The van der Waals surface area contributed by atoms with Crippen molar-refractivity contribution < 1.29 is 115 Å². The van der Waals surface area contributed by atoms with E-state index in [1.807, 2.05) is 18.2 Å². The number of hydrogen-bond donors (Lipinski definition) is 1. The van der Waals surface area contributed by atoms with Gasteiger partial charge in [0.1, 0.15) is 11.9 Å². The largest absolute Gasteiger partial charge is 0.508 e. The molecule has 0 spiro atoms. The number of phenolic OH excluding ortho intramolecular Hbond substituents is 1. The van der Waals surface area contributed by atoms with E-state index in [2.05, 4.69) is 41.1 Å². The Kier molecular flexibility index (Phi) is 14.9. The fourth-order valence-corrected chi connectivity index (χ4v) is 8.23. The van der Waals surface area contributed by atoms with Crippen molar-refractivity contribution in [3.05, 3.63) is 190 Å². The zero-order valence-corrected chi connectivity index (χ0v) is 36.5. The number of nitrogens with zero attached hydrogens (tertiary/aromatic N) is 1. The molecule has 0 bridgehead atoms. The average Bonchev–Trinajstić information content (AvgIpc) is 3.28. The first kappa shape index (κ1) is 57.2. The number of fused-ring (bicyclic) bond motifs is 1. The van der Waals surface area contributed by atoms with Crippen LogP contribution in [-0.2, 0) is 56.0 Å². The summed E-state index contributed by atoms with van der Waals surface area (Å²) in [6, 6.07) is 11.0.